The number of hydrogen-bond acceptors (Lipinski definition) is 0. The molecule has 0 N–H and O–H groups in total. The molecule has 0 radical (unpaired) electrons. The molecule has 1 saturated carbocycles. The molecule has 0 spiro atoms. The van der Waals surface area contributed by atoms with Crippen molar-refractivity contribution in [3.05, 3.63) is 23.3 Å². The van der Waals surface area contributed by atoms with Crippen LogP contribution >= 0.6 is 0 Å². The fourth-order valence-corrected chi connectivity index (χ4v) is 3.09. The first-order valence-corrected chi connectivity index (χ1v) is 6.34. The lowest BCUT2D eigenvalue weighted by Crippen LogP contribution is -1.90. The summed E-state index contributed by atoms with van der Waals surface area (Å²) in [5.74, 6) is 1.80. The molecule has 1 fully saturated rings. The maximum atomic E-state index is 2.55. The zero-order valence-corrected chi connectivity index (χ0v) is 10.6. The van der Waals surface area contributed by atoms with Gasteiger partial charge < -0.3 is 0 Å². The quantitative estimate of drug-likeness (QED) is 0.501. The molecule has 15 heavy (non-hydrogen) atoms. The molecule has 2 aliphatic rings. The largest absolute Gasteiger partial charge is 0.0853 e. The summed E-state index contributed by atoms with van der Waals surface area (Å²) < 4.78 is 0. The zero-order valence-electron chi connectivity index (χ0n) is 10.6. The first-order chi connectivity index (χ1) is 7.01. The smallest absolute Gasteiger partial charge is 0.0143 e. The van der Waals surface area contributed by atoms with Crippen LogP contribution in [0.15, 0.2) is 23.3 Å². The summed E-state index contributed by atoms with van der Waals surface area (Å²) in [5.41, 5.74) is 3.78. The minimum absolute atomic E-state index is 0.575. The second-order valence-corrected chi connectivity index (χ2v) is 6.09. The van der Waals surface area contributed by atoms with Gasteiger partial charge in [-0.05, 0) is 56.8 Å². The molecule has 2 atom stereocenters. The fourth-order valence-electron chi connectivity index (χ4n) is 3.09. The molecule has 0 heteroatoms. The Labute approximate surface area is 94.5 Å². The number of rotatable bonds is 0. The summed E-state index contributed by atoms with van der Waals surface area (Å²) in [6, 6.07) is 0. The van der Waals surface area contributed by atoms with E-state index >= 15 is 0 Å². The van der Waals surface area contributed by atoms with E-state index < -0.39 is 0 Å². The molecule has 84 valence electrons. The van der Waals surface area contributed by atoms with Gasteiger partial charge in [0.2, 0.25) is 0 Å². The first-order valence-electron chi connectivity index (χ1n) is 6.34. The average Bonchev–Trinajstić information content (AvgIpc) is 2.65. The number of fused-ring (bicyclic) bond motifs is 1. The molecular weight excluding hydrogens is 180 g/mol. The third-order valence-electron chi connectivity index (χ3n) is 4.48. The van der Waals surface area contributed by atoms with Gasteiger partial charge in [0.15, 0.2) is 0 Å². The molecule has 0 nitrogen and oxygen atoms in total. The predicted molar refractivity (Wildman–Crippen MR) is 66.7 cm³/mol. The fraction of sp³-hybridized carbons (Fsp3) is 0.733. The van der Waals surface area contributed by atoms with Gasteiger partial charge in [-0.15, -0.1) is 0 Å². The molecule has 0 aromatic heterocycles. The lowest BCUT2D eigenvalue weighted by molar-refractivity contribution is 0.528. The lowest BCUT2D eigenvalue weighted by Gasteiger charge is -2.05. The molecule has 2 rings (SSSR count). The van der Waals surface area contributed by atoms with Crippen molar-refractivity contribution in [2.75, 3.05) is 0 Å². The predicted octanol–water partition coefficient (Wildman–Crippen LogP) is 4.73. The molecule has 2 aliphatic carbocycles. The maximum Gasteiger partial charge on any atom is -0.0143 e. The van der Waals surface area contributed by atoms with Crippen molar-refractivity contribution in [1.82, 2.24) is 0 Å². The highest BCUT2D eigenvalue weighted by molar-refractivity contribution is 5.19. The van der Waals surface area contributed by atoms with Gasteiger partial charge in [-0.25, -0.2) is 0 Å². The summed E-state index contributed by atoms with van der Waals surface area (Å²) in [6.07, 6.45) is 10.2. The molecule has 2 unspecified atom stereocenters. The number of allylic oxidation sites excluding steroid dienone is 4. The molecule has 0 heterocycles. The van der Waals surface area contributed by atoms with Crippen LogP contribution in [0.1, 0.15) is 53.4 Å². The van der Waals surface area contributed by atoms with E-state index in [0.717, 1.165) is 11.8 Å². The Kier molecular flexibility index (Phi) is 2.79. The van der Waals surface area contributed by atoms with Gasteiger partial charge >= 0.3 is 0 Å². The average molecular weight is 204 g/mol. The highest BCUT2D eigenvalue weighted by Crippen LogP contribution is 2.61. The van der Waals surface area contributed by atoms with Crippen LogP contribution in [0, 0.1) is 17.3 Å². The second-order valence-electron chi connectivity index (χ2n) is 6.09. The lowest BCUT2D eigenvalue weighted by atomic mass is 10.0. The third kappa shape index (κ3) is 2.19. The molecular formula is C15H24. The van der Waals surface area contributed by atoms with Crippen molar-refractivity contribution in [3.63, 3.8) is 0 Å². The second kappa shape index (κ2) is 3.81. The Bertz CT molecular complexity index is 304. The molecule has 0 saturated heterocycles. The summed E-state index contributed by atoms with van der Waals surface area (Å²) >= 11 is 0. The van der Waals surface area contributed by atoms with Crippen LogP contribution in [0.3, 0.4) is 0 Å². The van der Waals surface area contributed by atoms with Gasteiger partial charge in [-0.2, -0.15) is 0 Å². The SMILES string of the molecule is C/C1=C\C2C(CC/C(C)=C/CC1)C2(C)C. The summed E-state index contributed by atoms with van der Waals surface area (Å²) in [7, 11) is 0. The van der Waals surface area contributed by atoms with Crippen LogP contribution in [-0.2, 0) is 0 Å². The first kappa shape index (κ1) is 11.0. The maximum absolute atomic E-state index is 2.55. The molecule has 0 aliphatic heterocycles. The van der Waals surface area contributed by atoms with Gasteiger partial charge in [0.25, 0.3) is 0 Å². The van der Waals surface area contributed by atoms with E-state index in [1.165, 1.54) is 25.7 Å². The zero-order chi connectivity index (χ0) is 11.1. The van der Waals surface area contributed by atoms with Gasteiger partial charge in [0.05, 0.1) is 0 Å². The van der Waals surface area contributed by atoms with E-state index in [1.807, 2.05) is 0 Å². The Morgan fingerprint density at radius 1 is 1.13 bits per heavy atom. The Morgan fingerprint density at radius 3 is 2.60 bits per heavy atom. The topological polar surface area (TPSA) is 0 Å². The summed E-state index contributed by atoms with van der Waals surface area (Å²) in [5, 5.41) is 0. The van der Waals surface area contributed by atoms with E-state index in [1.54, 1.807) is 11.1 Å². The summed E-state index contributed by atoms with van der Waals surface area (Å²) in [4.78, 5) is 0. The van der Waals surface area contributed by atoms with Crippen molar-refractivity contribution in [1.29, 1.82) is 0 Å². The third-order valence-corrected chi connectivity index (χ3v) is 4.48. The van der Waals surface area contributed by atoms with Crippen LogP contribution in [0.4, 0.5) is 0 Å². The molecule has 0 aromatic rings. The Morgan fingerprint density at radius 2 is 1.87 bits per heavy atom. The number of hydrogen-bond donors (Lipinski definition) is 0. The van der Waals surface area contributed by atoms with Crippen molar-refractivity contribution < 1.29 is 0 Å². The van der Waals surface area contributed by atoms with Gasteiger partial charge in [-0.3, -0.25) is 0 Å². The van der Waals surface area contributed by atoms with Crippen molar-refractivity contribution in [2.45, 2.75) is 53.4 Å². The Balaban J connectivity index is 2.13. The molecule has 0 amide bonds. The van der Waals surface area contributed by atoms with Gasteiger partial charge in [-0.1, -0.05) is 37.1 Å². The van der Waals surface area contributed by atoms with E-state index in [9.17, 15) is 0 Å². The van der Waals surface area contributed by atoms with Crippen LogP contribution < -0.4 is 0 Å². The van der Waals surface area contributed by atoms with Crippen molar-refractivity contribution >= 4 is 0 Å². The van der Waals surface area contributed by atoms with E-state index in [2.05, 4.69) is 39.8 Å². The van der Waals surface area contributed by atoms with E-state index in [-0.39, 0.29) is 0 Å². The van der Waals surface area contributed by atoms with Gasteiger partial charge in [0.1, 0.15) is 0 Å². The van der Waals surface area contributed by atoms with Crippen LogP contribution in [0.25, 0.3) is 0 Å². The monoisotopic (exact) mass is 204 g/mol. The van der Waals surface area contributed by atoms with Crippen molar-refractivity contribution in [3.8, 4) is 0 Å². The minimum Gasteiger partial charge on any atom is -0.0853 e. The highest BCUT2D eigenvalue weighted by Gasteiger charge is 2.55. The van der Waals surface area contributed by atoms with Crippen LogP contribution in [0.2, 0.25) is 0 Å². The van der Waals surface area contributed by atoms with Gasteiger partial charge in [0, 0.05) is 0 Å². The highest BCUT2D eigenvalue weighted by atomic mass is 14.6. The normalized spacial score (nSPS) is 41.9. The van der Waals surface area contributed by atoms with Crippen LogP contribution in [-0.4, -0.2) is 0 Å². The molecule has 0 bridgehead atoms. The molecule has 0 aromatic carbocycles. The van der Waals surface area contributed by atoms with Crippen molar-refractivity contribution in [2.24, 2.45) is 17.3 Å². The summed E-state index contributed by atoms with van der Waals surface area (Å²) in [6.45, 7) is 9.47. The van der Waals surface area contributed by atoms with Crippen LogP contribution in [0.5, 0.6) is 0 Å². The standard InChI is InChI=1S/C15H24/c1-11-6-5-7-12(2)10-14-13(9-8-11)15(14,3)4/h6,10,13-14H,5,7-9H2,1-4H3/b11-6+,12-10+. The minimum atomic E-state index is 0.575. The van der Waals surface area contributed by atoms with E-state index in [0.29, 0.717) is 5.41 Å². The Hall–Kier alpha value is -0.520. The van der Waals surface area contributed by atoms with E-state index in [4.69, 9.17) is 0 Å².